The van der Waals surface area contributed by atoms with Crippen molar-refractivity contribution in [1.29, 1.82) is 0 Å². The number of benzene rings is 1. The zero-order valence-corrected chi connectivity index (χ0v) is 11.7. The first kappa shape index (κ1) is 13.1. The monoisotopic (exact) mass is 259 g/mol. The molecule has 3 nitrogen and oxygen atoms in total. The number of rotatable bonds is 2. The summed E-state index contributed by atoms with van der Waals surface area (Å²) in [5.41, 5.74) is 1.45. The van der Waals surface area contributed by atoms with Gasteiger partial charge in [-0.15, -0.1) is 0 Å². The SMILES string of the molecule is c1ccc(CN2CCCN3CCNCCC3C2)cc1. The smallest absolute Gasteiger partial charge is 0.0235 e. The van der Waals surface area contributed by atoms with Gasteiger partial charge in [0.2, 0.25) is 0 Å². The van der Waals surface area contributed by atoms with Crippen LogP contribution in [0.25, 0.3) is 0 Å². The van der Waals surface area contributed by atoms with Gasteiger partial charge in [-0.1, -0.05) is 30.3 Å². The standard InChI is InChI=1S/C16H25N3/c1-2-5-15(6-3-1)13-18-10-4-11-19-12-9-17-8-7-16(19)14-18/h1-3,5-6,16-17H,4,7-14H2. The van der Waals surface area contributed by atoms with E-state index in [0.717, 1.165) is 19.1 Å². The van der Waals surface area contributed by atoms with Crippen molar-refractivity contribution in [3.05, 3.63) is 35.9 Å². The summed E-state index contributed by atoms with van der Waals surface area (Å²) in [6, 6.07) is 11.6. The molecule has 1 unspecified atom stereocenters. The molecule has 0 aliphatic carbocycles. The van der Waals surface area contributed by atoms with Crippen molar-refractivity contribution in [3.8, 4) is 0 Å². The lowest BCUT2D eigenvalue weighted by Crippen LogP contribution is -2.41. The molecule has 2 aliphatic heterocycles. The molecule has 1 N–H and O–H groups in total. The second-order valence-corrected chi connectivity index (χ2v) is 5.80. The normalized spacial score (nSPS) is 26.4. The molecule has 19 heavy (non-hydrogen) atoms. The Labute approximate surface area is 116 Å². The minimum atomic E-state index is 0.751. The third kappa shape index (κ3) is 3.56. The van der Waals surface area contributed by atoms with Crippen molar-refractivity contribution in [1.82, 2.24) is 15.1 Å². The second kappa shape index (κ2) is 6.51. The predicted molar refractivity (Wildman–Crippen MR) is 79.2 cm³/mol. The summed E-state index contributed by atoms with van der Waals surface area (Å²) < 4.78 is 0. The van der Waals surface area contributed by atoms with Gasteiger partial charge in [0.15, 0.2) is 0 Å². The Kier molecular flexibility index (Phi) is 4.49. The number of hydrogen-bond donors (Lipinski definition) is 1. The number of nitrogens with one attached hydrogen (secondary N) is 1. The van der Waals surface area contributed by atoms with E-state index in [2.05, 4.69) is 45.4 Å². The van der Waals surface area contributed by atoms with Crippen LogP contribution in [0.15, 0.2) is 30.3 Å². The van der Waals surface area contributed by atoms with E-state index < -0.39 is 0 Å². The van der Waals surface area contributed by atoms with Crippen molar-refractivity contribution >= 4 is 0 Å². The Hall–Kier alpha value is -0.900. The first-order valence-electron chi connectivity index (χ1n) is 7.63. The largest absolute Gasteiger partial charge is 0.315 e. The number of hydrogen-bond acceptors (Lipinski definition) is 3. The van der Waals surface area contributed by atoms with E-state index in [1.807, 2.05) is 0 Å². The molecule has 1 aromatic rings. The Morgan fingerprint density at radius 1 is 1.05 bits per heavy atom. The second-order valence-electron chi connectivity index (χ2n) is 5.80. The van der Waals surface area contributed by atoms with Crippen LogP contribution in [0, 0.1) is 0 Å². The highest BCUT2D eigenvalue weighted by molar-refractivity contribution is 5.14. The van der Waals surface area contributed by atoms with Gasteiger partial charge in [0.1, 0.15) is 0 Å². The average Bonchev–Trinajstić information content (AvgIpc) is 2.75. The maximum Gasteiger partial charge on any atom is 0.0235 e. The molecule has 3 rings (SSSR count). The zero-order valence-electron chi connectivity index (χ0n) is 11.7. The van der Waals surface area contributed by atoms with E-state index in [1.165, 1.54) is 51.1 Å². The Morgan fingerprint density at radius 3 is 2.84 bits per heavy atom. The first-order chi connectivity index (χ1) is 9.42. The van der Waals surface area contributed by atoms with E-state index in [9.17, 15) is 0 Å². The summed E-state index contributed by atoms with van der Waals surface area (Å²) in [6.07, 6.45) is 2.61. The first-order valence-corrected chi connectivity index (χ1v) is 7.63. The lowest BCUT2D eigenvalue weighted by atomic mass is 10.1. The summed E-state index contributed by atoms with van der Waals surface area (Å²) in [7, 11) is 0. The van der Waals surface area contributed by atoms with E-state index >= 15 is 0 Å². The summed E-state index contributed by atoms with van der Waals surface area (Å²) in [4.78, 5) is 5.34. The van der Waals surface area contributed by atoms with Crippen LogP contribution < -0.4 is 5.32 Å². The molecule has 0 radical (unpaired) electrons. The lowest BCUT2D eigenvalue weighted by molar-refractivity contribution is 0.182. The topological polar surface area (TPSA) is 18.5 Å². The summed E-state index contributed by atoms with van der Waals surface area (Å²) in [5.74, 6) is 0. The molecular formula is C16H25N3. The summed E-state index contributed by atoms with van der Waals surface area (Å²) >= 11 is 0. The summed E-state index contributed by atoms with van der Waals surface area (Å²) in [6.45, 7) is 8.43. The van der Waals surface area contributed by atoms with Gasteiger partial charge >= 0.3 is 0 Å². The molecule has 0 amide bonds. The van der Waals surface area contributed by atoms with Gasteiger partial charge in [0, 0.05) is 32.2 Å². The Bertz CT molecular complexity index is 379. The fraction of sp³-hybridized carbons (Fsp3) is 0.625. The highest BCUT2D eigenvalue weighted by Gasteiger charge is 2.25. The van der Waals surface area contributed by atoms with Crippen LogP contribution in [0.1, 0.15) is 18.4 Å². The lowest BCUT2D eigenvalue weighted by Gasteiger charge is -2.29. The van der Waals surface area contributed by atoms with Crippen LogP contribution >= 0.6 is 0 Å². The van der Waals surface area contributed by atoms with Gasteiger partial charge in [-0.25, -0.2) is 0 Å². The predicted octanol–water partition coefficient (Wildman–Crippen LogP) is 1.56. The average molecular weight is 259 g/mol. The molecule has 2 heterocycles. The van der Waals surface area contributed by atoms with Gasteiger partial charge in [0.05, 0.1) is 0 Å². The van der Waals surface area contributed by atoms with Crippen LogP contribution in [0.2, 0.25) is 0 Å². The number of fused-ring (bicyclic) bond motifs is 1. The Morgan fingerprint density at radius 2 is 1.95 bits per heavy atom. The molecule has 104 valence electrons. The van der Waals surface area contributed by atoms with Crippen molar-refractivity contribution in [2.24, 2.45) is 0 Å². The van der Waals surface area contributed by atoms with Gasteiger partial charge < -0.3 is 5.32 Å². The summed E-state index contributed by atoms with van der Waals surface area (Å²) in [5, 5.41) is 3.53. The van der Waals surface area contributed by atoms with E-state index in [-0.39, 0.29) is 0 Å². The molecule has 0 saturated carbocycles. The fourth-order valence-electron chi connectivity index (χ4n) is 3.35. The molecule has 0 spiro atoms. The van der Waals surface area contributed by atoms with E-state index in [1.54, 1.807) is 0 Å². The van der Waals surface area contributed by atoms with Gasteiger partial charge in [-0.2, -0.15) is 0 Å². The minimum absolute atomic E-state index is 0.751. The van der Waals surface area contributed by atoms with Crippen molar-refractivity contribution in [2.75, 3.05) is 39.3 Å². The van der Waals surface area contributed by atoms with Crippen molar-refractivity contribution in [2.45, 2.75) is 25.4 Å². The highest BCUT2D eigenvalue weighted by Crippen LogP contribution is 2.16. The zero-order chi connectivity index (χ0) is 12.9. The van der Waals surface area contributed by atoms with Crippen LogP contribution in [-0.4, -0.2) is 55.1 Å². The van der Waals surface area contributed by atoms with Crippen molar-refractivity contribution < 1.29 is 0 Å². The number of nitrogens with zero attached hydrogens (tertiary/aromatic N) is 2. The maximum absolute atomic E-state index is 3.53. The molecular weight excluding hydrogens is 234 g/mol. The van der Waals surface area contributed by atoms with Crippen LogP contribution in [0.5, 0.6) is 0 Å². The Balaban J connectivity index is 1.63. The molecule has 0 bridgehead atoms. The quantitative estimate of drug-likeness (QED) is 0.869. The van der Waals surface area contributed by atoms with E-state index in [4.69, 9.17) is 0 Å². The molecule has 0 aromatic heterocycles. The third-order valence-corrected chi connectivity index (χ3v) is 4.38. The highest BCUT2D eigenvalue weighted by atomic mass is 15.3. The molecule has 2 fully saturated rings. The fourth-order valence-corrected chi connectivity index (χ4v) is 3.35. The molecule has 2 aliphatic rings. The molecule has 3 heteroatoms. The van der Waals surface area contributed by atoms with Crippen molar-refractivity contribution in [3.63, 3.8) is 0 Å². The van der Waals surface area contributed by atoms with Gasteiger partial charge in [0.25, 0.3) is 0 Å². The third-order valence-electron chi connectivity index (χ3n) is 4.38. The van der Waals surface area contributed by atoms with Gasteiger partial charge in [-0.05, 0) is 38.0 Å². The van der Waals surface area contributed by atoms with E-state index in [0.29, 0.717) is 0 Å². The molecule has 1 atom stereocenters. The van der Waals surface area contributed by atoms with Crippen LogP contribution in [0.3, 0.4) is 0 Å². The molecule has 1 aromatic carbocycles. The van der Waals surface area contributed by atoms with Crippen LogP contribution in [0.4, 0.5) is 0 Å². The van der Waals surface area contributed by atoms with Gasteiger partial charge in [-0.3, -0.25) is 9.80 Å². The maximum atomic E-state index is 3.53. The van der Waals surface area contributed by atoms with Crippen LogP contribution in [-0.2, 0) is 6.54 Å². The minimum Gasteiger partial charge on any atom is -0.315 e. The molecule has 2 saturated heterocycles.